The van der Waals surface area contributed by atoms with Crippen LogP contribution < -0.4 is 14.8 Å². The highest BCUT2D eigenvalue weighted by Crippen LogP contribution is 2.36. The molecule has 6 nitrogen and oxygen atoms in total. The molecule has 0 fully saturated rings. The predicted molar refractivity (Wildman–Crippen MR) is 111 cm³/mol. The number of fused-ring (bicyclic) bond motifs is 1. The van der Waals surface area contributed by atoms with Crippen molar-refractivity contribution >= 4 is 33.4 Å². The van der Waals surface area contributed by atoms with Crippen LogP contribution in [-0.4, -0.2) is 25.7 Å². The highest BCUT2D eigenvalue weighted by atomic mass is 32.2. The third-order valence-electron chi connectivity index (χ3n) is 4.10. The molecule has 0 radical (unpaired) electrons. The number of rotatable bonds is 6. The molecule has 0 unspecified atom stereocenters. The molecule has 8 heteroatoms. The Bertz CT molecular complexity index is 957. The number of carbonyl (C=O) groups excluding carboxylic acids is 1. The summed E-state index contributed by atoms with van der Waals surface area (Å²) in [5.74, 6) is 0.639. The van der Waals surface area contributed by atoms with E-state index >= 15 is 0 Å². The van der Waals surface area contributed by atoms with Gasteiger partial charge in [-0.15, -0.1) is 11.8 Å². The lowest BCUT2D eigenvalue weighted by molar-refractivity contribution is -0.116. The van der Waals surface area contributed by atoms with E-state index in [2.05, 4.69) is 10.0 Å². The number of hydrogen-bond acceptors (Lipinski definition) is 5. The highest BCUT2D eigenvalue weighted by molar-refractivity contribution is 8.00. The van der Waals surface area contributed by atoms with Crippen LogP contribution in [0.3, 0.4) is 0 Å². The zero-order valence-corrected chi connectivity index (χ0v) is 17.7. The highest BCUT2D eigenvalue weighted by Gasteiger charge is 2.22. The van der Waals surface area contributed by atoms with Gasteiger partial charge in [-0.25, -0.2) is 13.1 Å². The number of sulfonamides is 1. The molecule has 1 aliphatic heterocycles. The average molecular weight is 421 g/mol. The van der Waals surface area contributed by atoms with Crippen molar-refractivity contribution in [1.29, 1.82) is 0 Å². The summed E-state index contributed by atoms with van der Waals surface area (Å²) in [7, 11) is -3.71. The van der Waals surface area contributed by atoms with Crippen LogP contribution in [0.1, 0.15) is 32.8 Å². The summed E-state index contributed by atoms with van der Waals surface area (Å²) in [6.07, 6.45) is 0.482. The van der Waals surface area contributed by atoms with Crippen molar-refractivity contribution in [2.45, 2.75) is 54.9 Å². The molecule has 0 saturated heterocycles. The Hall–Kier alpha value is -2.03. The predicted octanol–water partition coefficient (Wildman–Crippen LogP) is 3.78. The van der Waals surface area contributed by atoms with Crippen molar-refractivity contribution in [2.24, 2.45) is 0 Å². The van der Waals surface area contributed by atoms with Crippen LogP contribution in [0.5, 0.6) is 5.75 Å². The second-order valence-electron chi connectivity index (χ2n) is 6.97. The Morgan fingerprint density at radius 3 is 2.61 bits per heavy atom. The van der Waals surface area contributed by atoms with Crippen molar-refractivity contribution in [2.75, 3.05) is 5.32 Å². The van der Waals surface area contributed by atoms with Gasteiger partial charge in [0.05, 0.1) is 16.7 Å². The van der Waals surface area contributed by atoms with Crippen molar-refractivity contribution in [3.05, 3.63) is 48.0 Å². The fraction of sp³-hybridized carbons (Fsp3) is 0.350. The average Bonchev–Trinajstić information content (AvgIpc) is 2.76. The van der Waals surface area contributed by atoms with Gasteiger partial charge in [0.2, 0.25) is 15.9 Å². The molecule has 150 valence electrons. The van der Waals surface area contributed by atoms with Gasteiger partial charge >= 0.3 is 0 Å². The number of anilines is 1. The molecule has 0 spiro atoms. The molecule has 2 aromatic carbocycles. The second kappa shape index (κ2) is 8.55. The summed E-state index contributed by atoms with van der Waals surface area (Å²) in [6, 6.07) is 12.1. The zero-order valence-electron chi connectivity index (χ0n) is 16.1. The van der Waals surface area contributed by atoms with Gasteiger partial charge in [0.1, 0.15) is 5.75 Å². The number of thioether (sulfide) groups is 1. The normalized spacial score (nSPS) is 17.0. The first kappa shape index (κ1) is 20.7. The number of nitrogens with one attached hydrogen (secondary N) is 2. The van der Waals surface area contributed by atoms with Crippen LogP contribution in [0.4, 0.5) is 5.69 Å². The minimum absolute atomic E-state index is 0.0826. The van der Waals surface area contributed by atoms with Gasteiger partial charge in [-0.3, -0.25) is 4.79 Å². The fourth-order valence-electron chi connectivity index (χ4n) is 2.82. The molecule has 2 N–H and O–H groups in total. The molecule has 0 bridgehead atoms. The van der Waals surface area contributed by atoms with Crippen molar-refractivity contribution in [3.8, 4) is 5.75 Å². The van der Waals surface area contributed by atoms with E-state index in [0.717, 1.165) is 16.2 Å². The van der Waals surface area contributed by atoms with E-state index in [-0.39, 0.29) is 28.7 Å². The maximum Gasteiger partial charge on any atom is 0.240 e. The molecule has 1 amide bonds. The van der Waals surface area contributed by atoms with Gasteiger partial charge in [-0.2, -0.15) is 0 Å². The van der Waals surface area contributed by atoms with Crippen LogP contribution in [-0.2, 0) is 21.4 Å². The number of amides is 1. The van der Waals surface area contributed by atoms with Crippen molar-refractivity contribution < 1.29 is 17.9 Å². The number of benzene rings is 2. The van der Waals surface area contributed by atoms with Gasteiger partial charge in [0, 0.05) is 23.1 Å². The maximum atomic E-state index is 12.7. The molecule has 28 heavy (non-hydrogen) atoms. The smallest absolute Gasteiger partial charge is 0.240 e. The van der Waals surface area contributed by atoms with E-state index < -0.39 is 10.0 Å². The fourth-order valence-corrected chi connectivity index (χ4v) is 4.91. The summed E-state index contributed by atoms with van der Waals surface area (Å²) in [5.41, 5.74) is 1.37. The Kier molecular flexibility index (Phi) is 6.32. The Morgan fingerprint density at radius 2 is 1.93 bits per heavy atom. The van der Waals surface area contributed by atoms with E-state index in [0.29, 0.717) is 12.1 Å². The molecule has 0 aromatic heterocycles. The lowest BCUT2D eigenvalue weighted by atomic mass is 10.2. The number of hydrogen-bond donors (Lipinski definition) is 2. The van der Waals surface area contributed by atoms with Gasteiger partial charge < -0.3 is 10.1 Å². The minimum atomic E-state index is -3.71. The van der Waals surface area contributed by atoms with Crippen molar-refractivity contribution in [1.82, 2.24) is 4.72 Å². The van der Waals surface area contributed by atoms with Gasteiger partial charge in [0.15, 0.2) is 0 Å². The monoisotopic (exact) mass is 420 g/mol. The Balaban J connectivity index is 1.72. The Labute approximate surface area is 170 Å². The van der Waals surface area contributed by atoms with Crippen LogP contribution >= 0.6 is 11.8 Å². The molecule has 3 rings (SSSR count). The molecule has 0 aliphatic carbocycles. The topological polar surface area (TPSA) is 84.5 Å². The summed E-state index contributed by atoms with van der Waals surface area (Å²) >= 11 is 1.56. The summed E-state index contributed by atoms with van der Waals surface area (Å²) in [6.45, 7) is 6.04. The van der Waals surface area contributed by atoms with E-state index in [1.807, 2.05) is 45.0 Å². The second-order valence-corrected chi connectivity index (χ2v) is 10.2. The number of carbonyl (C=O) groups is 1. The van der Waals surface area contributed by atoms with Gasteiger partial charge in [-0.05, 0) is 49.7 Å². The quantitative estimate of drug-likeness (QED) is 0.743. The third kappa shape index (κ3) is 5.27. The summed E-state index contributed by atoms with van der Waals surface area (Å²) in [5, 5.41) is 2.94. The van der Waals surface area contributed by atoms with Crippen LogP contribution in [0.2, 0.25) is 0 Å². The minimum Gasteiger partial charge on any atom is -0.491 e. The maximum absolute atomic E-state index is 12.7. The van der Waals surface area contributed by atoms with Crippen LogP contribution in [0, 0.1) is 0 Å². The van der Waals surface area contributed by atoms with Crippen LogP contribution in [0.15, 0.2) is 52.3 Å². The van der Waals surface area contributed by atoms with Crippen LogP contribution in [0.25, 0.3) is 0 Å². The molecule has 1 aliphatic rings. The summed E-state index contributed by atoms with van der Waals surface area (Å²) < 4.78 is 33.6. The first-order chi connectivity index (χ1) is 13.2. The largest absolute Gasteiger partial charge is 0.491 e. The first-order valence-corrected chi connectivity index (χ1v) is 11.4. The third-order valence-corrected chi connectivity index (χ3v) is 6.68. The zero-order chi connectivity index (χ0) is 20.3. The summed E-state index contributed by atoms with van der Waals surface area (Å²) in [4.78, 5) is 12.9. The van der Waals surface area contributed by atoms with Gasteiger partial charge in [-0.1, -0.05) is 19.1 Å². The molecule has 1 atom stereocenters. The molecular formula is C20H24N2O4S2. The first-order valence-electron chi connectivity index (χ1n) is 9.09. The molecule has 2 aromatic rings. The van der Waals surface area contributed by atoms with E-state index in [1.165, 1.54) is 6.07 Å². The SMILES string of the molecule is CC(C)Oc1ccc(CNS(=O)(=O)c2ccc3c(c2)NC(=O)C[C@@H](C)S3)cc1. The van der Waals surface area contributed by atoms with Crippen molar-refractivity contribution in [3.63, 3.8) is 0 Å². The lowest BCUT2D eigenvalue weighted by Crippen LogP contribution is -2.23. The molecule has 1 heterocycles. The molecule has 0 saturated carbocycles. The van der Waals surface area contributed by atoms with Gasteiger partial charge in [0.25, 0.3) is 0 Å². The van der Waals surface area contributed by atoms with E-state index in [4.69, 9.17) is 4.74 Å². The lowest BCUT2D eigenvalue weighted by Gasteiger charge is -2.12. The number of ether oxygens (including phenoxy) is 1. The Morgan fingerprint density at radius 1 is 1.21 bits per heavy atom. The molecular weight excluding hydrogens is 396 g/mol. The standard InChI is InChI=1S/C20H24N2O4S2/c1-13(2)26-16-6-4-15(5-7-16)12-21-28(24,25)17-8-9-19-18(11-17)22-20(23)10-14(3)27-19/h4-9,11,13-14,21H,10,12H2,1-3H3,(H,22,23)/t14-/m1/s1. The van der Waals surface area contributed by atoms with E-state index in [1.54, 1.807) is 23.9 Å². The van der Waals surface area contributed by atoms with E-state index in [9.17, 15) is 13.2 Å².